The minimum Gasteiger partial charge on any atom is -0.396 e. The summed E-state index contributed by atoms with van der Waals surface area (Å²) in [6.45, 7) is 3.75. The molecule has 1 aromatic heterocycles. The molecule has 2 aliphatic heterocycles. The fraction of sp³-hybridized carbons (Fsp3) is 0.458. The largest absolute Gasteiger partial charge is 0.417 e. The first-order valence-corrected chi connectivity index (χ1v) is 10.8. The maximum absolute atomic E-state index is 13.4. The van der Waals surface area contributed by atoms with Gasteiger partial charge in [0.25, 0.3) is 5.91 Å². The number of aliphatic hydroxyl groups excluding tert-OH is 1. The van der Waals surface area contributed by atoms with Crippen LogP contribution in [0.5, 0.6) is 0 Å². The molecule has 1 spiro atoms. The summed E-state index contributed by atoms with van der Waals surface area (Å²) in [5, 5.41) is 19.1. The maximum atomic E-state index is 13.4. The van der Waals surface area contributed by atoms with Crippen molar-refractivity contribution in [3.63, 3.8) is 0 Å². The van der Waals surface area contributed by atoms with Crippen LogP contribution in [0.15, 0.2) is 36.7 Å². The van der Waals surface area contributed by atoms with Crippen molar-refractivity contribution < 1.29 is 23.1 Å². The van der Waals surface area contributed by atoms with Crippen LogP contribution in [-0.4, -0.2) is 53.7 Å². The van der Waals surface area contributed by atoms with Gasteiger partial charge in [0.15, 0.2) is 0 Å². The lowest BCUT2D eigenvalue weighted by Crippen LogP contribution is -2.47. The second-order valence-corrected chi connectivity index (χ2v) is 9.01. The van der Waals surface area contributed by atoms with Crippen LogP contribution in [0.25, 0.3) is 0 Å². The molecule has 0 saturated carbocycles. The molecule has 2 aliphatic rings. The van der Waals surface area contributed by atoms with Crippen LogP contribution in [0.3, 0.4) is 0 Å². The maximum Gasteiger partial charge on any atom is 0.417 e. The number of nitrogens with zero attached hydrogens (tertiary/aromatic N) is 4. The summed E-state index contributed by atoms with van der Waals surface area (Å²) < 4.78 is 40.3. The lowest BCUT2D eigenvalue weighted by Gasteiger charge is -2.42. The minimum absolute atomic E-state index is 0.0747. The van der Waals surface area contributed by atoms with Gasteiger partial charge in [0, 0.05) is 56.8 Å². The summed E-state index contributed by atoms with van der Waals surface area (Å²) >= 11 is 0. The van der Waals surface area contributed by atoms with Crippen molar-refractivity contribution in [3.8, 4) is 6.07 Å². The summed E-state index contributed by atoms with van der Waals surface area (Å²) in [4.78, 5) is 20.6. The van der Waals surface area contributed by atoms with Gasteiger partial charge in [-0.15, -0.1) is 0 Å². The second kappa shape index (κ2) is 8.67. The number of aliphatic hydroxyl groups is 1. The molecule has 2 saturated heterocycles. The van der Waals surface area contributed by atoms with Gasteiger partial charge in [-0.2, -0.15) is 18.4 Å². The number of carbonyl (C=O) groups excluding carboxylic acids is 1. The molecule has 1 N–H and O–H groups in total. The average Bonchev–Trinajstić information content (AvgIpc) is 3.16. The number of anilines is 1. The monoisotopic (exact) mass is 458 g/mol. The van der Waals surface area contributed by atoms with E-state index >= 15 is 0 Å². The molecule has 4 rings (SSSR count). The van der Waals surface area contributed by atoms with E-state index in [1.165, 1.54) is 12.1 Å². The Kier molecular flexibility index (Phi) is 6.06. The SMILES string of the molecule is Cc1cncc(C(=O)N2CCC3(CC2)CN(c2ccc(C#N)c(C(F)(F)F)c2)CC3CO)c1. The number of piperidine rings is 1. The van der Waals surface area contributed by atoms with E-state index in [2.05, 4.69) is 4.98 Å². The summed E-state index contributed by atoms with van der Waals surface area (Å²) in [5.74, 6) is -0.196. The van der Waals surface area contributed by atoms with Crippen LogP contribution in [0.4, 0.5) is 18.9 Å². The van der Waals surface area contributed by atoms with Crippen molar-refractivity contribution in [3.05, 3.63) is 58.9 Å². The third-order valence-electron chi connectivity index (χ3n) is 7.00. The van der Waals surface area contributed by atoms with E-state index in [-0.39, 0.29) is 23.8 Å². The van der Waals surface area contributed by atoms with Gasteiger partial charge in [0.1, 0.15) is 0 Å². The van der Waals surface area contributed by atoms with E-state index in [1.807, 2.05) is 11.8 Å². The lowest BCUT2D eigenvalue weighted by molar-refractivity contribution is -0.137. The number of pyridine rings is 1. The zero-order valence-corrected chi connectivity index (χ0v) is 18.3. The van der Waals surface area contributed by atoms with E-state index in [1.54, 1.807) is 29.4 Å². The Bertz CT molecular complexity index is 1090. The molecule has 1 unspecified atom stereocenters. The Balaban J connectivity index is 1.51. The molecule has 2 fully saturated rings. The van der Waals surface area contributed by atoms with E-state index in [0.717, 1.165) is 11.6 Å². The molecule has 1 atom stereocenters. The molecular formula is C24H25F3N4O2. The van der Waals surface area contributed by atoms with Crippen molar-refractivity contribution in [1.29, 1.82) is 5.26 Å². The first kappa shape index (κ1) is 23.1. The lowest BCUT2D eigenvalue weighted by atomic mass is 9.71. The number of aromatic nitrogens is 1. The van der Waals surface area contributed by atoms with Crippen LogP contribution in [0, 0.1) is 29.6 Å². The molecule has 33 heavy (non-hydrogen) atoms. The fourth-order valence-corrected chi connectivity index (χ4v) is 5.12. The molecule has 174 valence electrons. The predicted octanol–water partition coefficient (Wildman–Crippen LogP) is 3.63. The van der Waals surface area contributed by atoms with Crippen LogP contribution >= 0.6 is 0 Å². The highest BCUT2D eigenvalue weighted by molar-refractivity contribution is 5.94. The van der Waals surface area contributed by atoms with Crippen LogP contribution < -0.4 is 4.90 Å². The molecule has 1 aromatic carbocycles. The molecule has 2 aromatic rings. The van der Waals surface area contributed by atoms with Crippen LogP contribution in [0.1, 0.15) is 39.9 Å². The molecule has 3 heterocycles. The number of hydrogen-bond donors (Lipinski definition) is 1. The Hall–Kier alpha value is -3.12. The number of aryl methyl sites for hydroxylation is 1. The van der Waals surface area contributed by atoms with Gasteiger partial charge >= 0.3 is 6.18 Å². The van der Waals surface area contributed by atoms with Crippen molar-refractivity contribution in [1.82, 2.24) is 9.88 Å². The van der Waals surface area contributed by atoms with E-state index in [4.69, 9.17) is 5.26 Å². The topological polar surface area (TPSA) is 80.5 Å². The van der Waals surface area contributed by atoms with Crippen LogP contribution in [0.2, 0.25) is 0 Å². The van der Waals surface area contributed by atoms with Crippen molar-refractivity contribution in [2.75, 3.05) is 37.7 Å². The standard InChI is InChI=1S/C24H25F3N4O2/c1-16-8-18(12-29-11-16)22(33)30-6-4-23(5-7-30)15-31(13-19(23)14-32)20-3-2-17(10-28)21(9-20)24(25,26)27/h2-3,8-9,11-12,19,32H,4-7,13-15H2,1H3. The van der Waals surface area contributed by atoms with Gasteiger partial charge in [-0.05, 0) is 55.0 Å². The number of alkyl halides is 3. The molecule has 0 radical (unpaired) electrons. The fourth-order valence-electron chi connectivity index (χ4n) is 5.12. The van der Waals surface area contributed by atoms with Gasteiger partial charge < -0.3 is 14.9 Å². The average molecular weight is 458 g/mol. The summed E-state index contributed by atoms with van der Waals surface area (Å²) in [6.07, 6.45) is -0.0690. The quantitative estimate of drug-likeness (QED) is 0.760. The Morgan fingerprint density at radius 3 is 2.61 bits per heavy atom. The van der Waals surface area contributed by atoms with Crippen molar-refractivity contribution >= 4 is 11.6 Å². The summed E-state index contributed by atoms with van der Waals surface area (Å²) in [7, 11) is 0. The van der Waals surface area contributed by atoms with Crippen molar-refractivity contribution in [2.24, 2.45) is 11.3 Å². The third-order valence-corrected chi connectivity index (χ3v) is 7.00. The molecule has 1 amide bonds. The zero-order chi connectivity index (χ0) is 23.8. The number of rotatable bonds is 3. The summed E-state index contributed by atoms with van der Waals surface area (Å²) in [6, 6.07) is 7.17. The van der Waals surface area contributed by atoms with E-state index in [9.17, 15) is 23.1 Å². The van der Waals surface area contributed by atoms with Gasteiger partial charge in [0.2, 0.25) is 0 Å². The first-order chi connectivity index (χ1) is 15.7. The highest BCUT2D eigenvalue weighted by Crippen LogP contribution is 2.46. The second-order valence-electron chi connectivity index (χ2n) is 9.01. The normalized spacial score (nSPS) is 20.2. The Labute approximate surface area is 190 Å². The highest BCUT2D eigenvalue weighted by atomic mass is 19.4. The van der Waals surface area contributed by atoms with E-state index < -0.39 is 17.3 Å². The van der Waals surface area contributed by atoms with Gasteiger partial charge in [0.05, 0.1) is 22.8 Å². The molecule has 0 bridgehead atoms. The van der Waals surface area contributed by atoms with Crippen molar-refractivity contribution in [2.45, 2.75) is 25.9 Å². The number of carbonyl (C=O) groups is 1. The molecule has 6 nitrogen and oxygen atoms in total. The number of nitriles is 1. The minimum atomic E-state index is -4.62. The molecular weight excluding hydrogens is 433 g/mol. The number of halogens is 3. The first-order valence-electron chi connectivity index (χ1n) is 10.8. The smallest absolute Gasteiger partial charge is 0.396 e. The van der Waals surface area contributed by atoms with E-state index in [0.29, 0.717) is 50.3 Å². The Morgan fingerprint density at radius 2 is 2.00 bits per heavy atom. The zero-order valence-electron chi connectivity index (χ0n) is 18.3. The van der Waals surface area contributed by atoms with Gasteiger partial charge in [-0.1, -0.05) is 0 Å². The number of hydrogen-bond acceptors (Lipinski definition) is 5. The Morgan fingerprint density at radius 1 is 1.27 bits per heavy atom. The number of amides is 1. The van der Waals surface area contributed by atoms with Gasteiger partial charge in [-0.25, -0.2) is 0 Å². The number of benzene rings is 1. The molecule has 0 aliphatic carbocycles. The third kappa shape index (κ3) is 4.40. The van der Waals surface area contributed by atoms with Gasteiger partial charge in [-0.3, -0.25) is 9.78 Å². The molecule has 9 heteroatoms. The highest BCUT2D eigenvalue weighted by Gasteiger charge is 2.48. The number of likely N-dealkylation sites (tertiary alicyclic amines) is 1. The summed E-state index contributed by atoms with van der Waals surface area (Å²) in [5.41, 5.74) is 0.188. The van der Waals surface area contributed by atoms with Crippen LogP contribution in [-0.2, 0) is 6.18 Å². The predicted molar refractivity (Wildman–Crippen MR) is 115 cm³/mol.